The van der Waals surface area contributed by atoms with Crippen LogP contribution in [0.1, 0.15) is 22.1 Å². The smallest absolute Gasteiger partial charge is 0.271 e. The van der Waals surface area contributed by atoms with Crippen LogP contribution < -0.4 is 5.32 Å². The van der Waals surface area contributed by atoms with Crippen LogP contribution in [0.2, 0.25) is 5.02 Å². The number of carbonyl (C=O) groups is 1. The van der Waals surface area contributed by atoms with Gasteiger partial charge in [0.25, 0.3) is 5.91 Å². The number of nitrogens with one attached hydrogen (secondary N) is 1. The van der Waals surface area contributed by atoms with Crippen LogP contribution in [0.15, 0.2) is 41.0 Å². The van der Waals surface area contributed by atoms with Crippen molar-refractivity contribution in [1.29, 1.82) is 0 Å². The molecule has 4 nitrogen and oxygen atoms in total. The van der Waals surface area contributed by atoms with Gasteiger partial charge in [-0.05, 0) is 39.7 Å². The van der Waals surface area contributed by atoms with Gasteiger partial charge in [0.15, 0.2) is 0 Å². The van der Waals surface area contributed by atoms with E-state index in [-0.39, 0.29) is 11.9 Å². The van der Waals surface area contributed by atoms with Gasteiger partial charge in [0, 0.05) is 42.4 Å². The highest BCUT2D eigenvalue weighted by molar-refractivity contribution is 9.10. The van der Waals surface area contributed by atoms with Crippen LogP contribution in [0.25, 0.3) is 0 Å². The Kier molecular flexibility index (Phi) is 4.57. The Balaban J connectivity index is 1.92. The Morgan fingerprint density at radius 1 is 1.41 bits per heavy atom. The zero-order valence-electron chi connectivity index (χ0n) is 12.2. The average Bonchev–Trinajstić information content (AvgIpc) is 2.85. The molecule has 0 radical (unpaired) electrons. The van der Waals surface area contributed by atoms with E-state index in [4.69, 9.17) is 11.6 Å². The first kappa shape index (κ1) is 15.6. The van der Waals surface area contributed by atoms with Crippen LogP contribution in [0.5, 0.6) is 0 Å². The number of nitrogens with zero attached hydrogens (tertiary/aromatic N) is 2. The van der Waals surface area contributed by atoms with Crippen LogP contribution in [0.3, 0.4) is 0 Å². The van der Waals surface area contributed by atoms with Gasteiger partial charge in [-0.2, -0.15) is 0 Å². The lowest BCUT2D eigenvalue weighted by molar-refractivity contribution is 0.0624. The standard InChI is InChI=1S/C16H17BrClN3O/c1-20-10-12(17)8-14(20)16(22)21-6-5-19-9-15(21)11-3-2-4-13(18)7-11/h2-4,7-8,10,15,19H,5-6,9H2,1H3. The van der Waals surface area contributed by atoms with Crippen LogP contribution in [0, 0.1) is 0 Å². The number of hydrogen-bond acceptors (Lipinski definition) is 2. The summed E-state index contributed by atoms with van der Waals surface area (Å²) in [5.41, 5.74) is 1.74. The molecule has 1 amide bonds. The Bertz CT molecular complexity index is 700. The van der Waals surface area contributed by atoms with E-state index in [0.717, 1.165) is 23.1 Å². The Morgan fingerprint density at radius 3 is 2.91 bits per heavy atom. The molecule has 2 heterocycles. The molecule has 1 aromatic carbocycles. The first-order valence-electron chi connectivity index (χ1n) is 7.15. The molecule has 3 rings (SSSR count). The van der Waals surface area contributed by atoms with Gasteiger partial charge in [-0.15, -0.1) is 0 Å². The van der Waals surface area contributed by atoms with Crippen molar-refractivity contribution < 1.29 is 4.79 Å². The fourth-order valence-electron chi connectivity index (χ4n) is 2.84. The predicted octanol–water partition coefficient (Wildman–Crippen LogP) is 3.23. The maximum Gasteiger partial charge on any atom is 0.271 e. The molecule has 1 unspecified atom stereocenters. The largest absolute Gasteiger partial charge is 0.345 e. The van der Waals surface area contributed by atoms with Gasteiger partial charge >= 0.3 is 0 Å². The molecule has 0 spiro atoms. The first-order chi connectivity index (χ1) is 10.6. The third kappa shape index (κ3) is 3.07. The van der Waals surface area contributed by atoms with Gasteiger partial charge in [-0.1, -0.05) is 23.7 Å². The number of aryl methyl sites for hydroxylation is 1. The first-order valence-corrected chi connectivity index (χ1v) is 8.32. The Morgan fingerprint density at radius 2 is 2.23 bits per heavy atom. The highest BCUT2D eigenvalue weighted by atomic mass is 79.9. The summed E-state index contributed by atoms with van der Waals surface area (Å²) in [5.74, 6) is 0.0414. The highest BCUT2D eigenvalue weighted by Gasteiger charge is 2.30. The summed E-state index contributed by atoms with van der Waals surface area (Å²) in [6.45, 7) is 2.21. The minimum absolute atomic E-state index is 0.00590. The molecular weight excluding hydrogens is 366 g/mol. The maximum atomic E-state index is 12.9. The molecule has 6 heteroatoms. The van der Waals surface area contributed by atoms with Gasteiger partial charge in [-0.25, -0.2) is 0 Å². The summed E-state index contributed by atoms with van der Waals surface area (Å²) in [4.78, 5) is 14.8. The van der Waals surface area contributed by atoms with Crippen molar-refractivity contribution in [3.05, 3.63) is 57.3 Å². The number of hydrogen-bond donors (Lipinski definition) is 1. The van der Waals surface area contributed by atoms with Crippen molar-refractivity contribution in [3.8, 4) is 0 Å². The van der Waals surface area contributed by atoms with E-state index >= 15 is 0 Å². The van der Waals surface area contributed by atoms with Crippen molar-refractivity contribution in [2.75, 3.05) is 19.6 Å². The monoisotopic (exact) mass is 381 g/mol. The quantitative estimate of drug-likeness (QED) is 0.866. The molecule has 1 aliphatic rings. The SMILES string of the molecule is Cn1cc(Br)cc1C(=O)N1CCNCC1c1cccc(Cl)c1. The lowest BCUT2D eigenvalue weighted by atomic mass is 10.0. The van der Waals surface area contributed by atoms with E-state index in [1.807, 2.05) is 53.0 Å². The van der Waals surface area contributed by atoms with E-state index in [9.17, 15) is 4.79 Å². The second-order valence-electron chi connectivity index (χ2n) is 5.43. The fourth-order valence-corrected chi connectivity index (χ4v) is 3.57. The van der Waals surface area contributed by atoms with Crippen LogP contribution in [-0.2, 0) is 7.05 Å². The van der Waals surface area contributed by atoms with E-state index in [2.05, 4.69) is 21.2 Å². The van der Waals surface area contributed by atoms with Crippen molar-refractivity contribution in [2.45, 2.75) is 6.04 Å². The van der Waals surface area contributed by atoms with Gasteiger partial charge in [0.1, 0.15) is 5.69 Å². The summed E-state index contributed by atoms with van der Waals surface area (Å²) >= 11 is 9.53. The van der Waals surface area contributed by atoms with Gasteiger partial charge < -0.3 is 14.8 Å². The molecule has 0 saturated carbocycles. The van der Waals surface area contributed by atoms with Crippen molar-refractivity contribution in [1.82, 2.24) is 14.8 Å². The van der Waals surface area contributed by atoms with Crippen molar-refractivity contribution in [3.63, 3.8) is 0 Å². The zero-order valence-corrected chi connectivity index (χ0v) is 14.6. The number of piperazine rings is 1. The lowest BCUT2D eigenvalue weighted by Gasteiger charge is -2.36. The number of halogens is 2. The van der Waals surface area contributed by atoms with Crippen molar-refractivity contribution in [2.24, 2.45) is 7.05 Å². The molecule has 2 aromatic rings. The van der Waals surface area contributed by atoms with E-state index < -0.39 is 0 Å². The lowest BCUT2D eigenvalue weighted by Crippen LogP contribution is -2.49. The molecule has 22 heavy (non-hydrogen) atoms. The third-order valence-corrected chi connectivity index (χ3v) is 4.60. The summed E-state index contributed by atoms with van der Waals surface area (Å²) in [6.07, 6.45) is 1.89. The van der Waals surface area contributed by atoms with E-state index in [0.29, 0.717) is 17.3 Å². The van der Waals surface area contributed by atoms with E-state index in [1.54, 1.807) is 0 Å². The normalized spacial score (nSPS) is 18.5. The Labute approximate surface area is 143 Å². The molecule has 116 valence electrons. The summed E-state index contributed by atoms with van der Waals surface area (Å²) in [5, 5.41) is 4.05. The number of aromatic nitrogens is 1. The van der Waals surface area contributed by atoms with Gasteiger partial charge in [0.2, 0.25) is 0 Å². The third-order valence-electron chi connectivity index (χ3n) is 3.93. The van der Waals surface area contributed by atoms with Crippen LogP contribution in [0.4, 0.5) is 0 Å². The zero-order chi connectivity index (χ0) is 15.7. The second-order valence-corrected chi connectivity index (χ2v) is 6.78. The second kappa shape index (κ2) is 6.44. The minimum atomic E-state index is -0.00590. The van der Waals surface area contributed by atoms with E-state index in [1.165, 1.54) is 0 Å². The highest BCUT2D eigenvalue weighted by Crippen LogP contribution is 2.27. The molecular formula is C16H17BrClN3O. The summed E-state index contributed by atoms with van der Waals surface area (Å²) in [7, 11) is 1.88. The molecule has 1 fully saturated rings. The molecule has 1 N–H and O–H groups in total. The maximum absolute atomic E-state index is 12.9. The molecule has 1 aromatic heterocycles. The molecule has 0 aliphatic carbocycles. The molecule has 0 bridgehead atoms. The predicted molar refractivity (Wildman–Crippen MR) is 91.2 cm³/mol. The minimum Gasteiger partial charge on any atom is -0.345 e. The number of benzene rings is 1. The summed E-state index contributed by atoms with van der Waals surface area (Å²) < 4.78 is 2.76. The number of rotatable bonds is 2. The van der Waals surface area contributed by atoms with Gasteiger partial charge in [0.05, 0.1) is 6.04 Å². The van der Waals surface area contributed by atoms with Crippen LogP contribution in [-0.4, -0.2) is 35.0 Å². The van der Waals surface area contributed by atoms with Crippen molar-refractivity contribution >= 4 is 33.4 Å². The molecule has 1 atom stereocenters. The summed E-state index contributed by atoms with van der Waals surface area (Å²) in [6, 6.07) is 9.58. The fraction of sp³-hybridized carbons (Fsp3) is 0.312. The molecule has 1 aliphatic heterocycles. The molecule has 1 saturated heterocycles. The van der Waals surface area contributed by atoms with Gasteiger partial charge in [-0.3, -0.25) is 4.79 Å². The topological polar surface area (TPSA) is 37.3 Å². The Hall–Kier alpha value is -1.30. The van der Waals surface area contributed by atoms with Crippen LogP contribution >= 0.6 is 27.5 Å². The average molecular weight is 383 g/mol. The number of carbonyl (C=O) groups excluding carboxylic acids is 1. The number of amides is 1.